The first-order valence-corrected chi connectivity index (χ1v) is 10.3. The zero-order chi connectivity index (χ0) is 22.4. The Labute approximate surface area is 184 Å². The Kier molecular flexibility index (Phi) is 4.63. The van der Waals surface area contributed by atoms with Gasteiger partial charge in [-0.25, -0.2) is 0 Å². The molecule has 32 heavy (non-hydrogen) atoms. The standard InChI is InChI=1S/C26H21N3O3/c1-16-4-6-18(7-5-16)29-15-13-22-24(26(29)31)21-12-14-28(25(30)23(21)17(2)27-22)19-8-10-20(32-3)11-9-19/h4-15H,1-3H3. The van der Waals surface area contributed by atoms with E-state index in [1.54, 1.807) is 47.7 Å². The molecule has 0 saturated heterocycles. The lowest BCUT2D eigenvalue weighted by Gasteiger charge is -2.12. The number of ether oxygens (including phenoxy) is 1. The van der Waals surface area contributed by atoms with Crippen LogP contribution in [0.5, 0.6) is 5.75 Å². The molecule has 5 rings (SSSR count). The van der Waals surface area contributed by atoms with Gasteiger partial charge >= 0.3 is 0 Å². The molecule has 0 fully saturated rings. The predicted molar refractivity (Wildman–Crippen MR) is 126 cm³/mol. The highest BCUT2D eigenvalue weighted by Gasteiger charge is 2.15. The number of methoxy groups -OCH3 is 1. The van der Waals surface area contributed by atoms with Crippen molar-refractivity contribution in [3.8, 4) is 17.1 Å². The van der Waals surface area contributed by atoms with Crippen molar-refractivity contribution in [3.05, 3.63) is 105 Å². The van der Waals surface area contributed by atoms with E-state index in [1.807, 2.05) is 55.5 Å². The van der Waals surface area contributed by atoms with E-state index >= 15 is 0 Å². The second-order valence-corrected chi connectivity index (χ2v) is 7.76. The first kappa shape index (κ1) is 19.8. The molecule has 0 amide bonds. The summed E-state index contributed by atoms with van der Waals surface area (Å²) >= 11 is 0. The van der Waals surface area contributed by atoms with Crippen molar-refractivity contribution in [1.82, 2.24) is 14.1 Å². The third kappa shape index (κ3) is 3.08. The number of nitrogens with zero attached hydrogens (tertiary/aromatic N) is 3. The number of pyridine rings is 3. The van der Waals surface area contributed by atoms with Gasteiger partial charge in [-0.2, -0.15) is 0 Å². The Hall–Kier alpha value is -4.19. The van der Waals surface area contributed by atoms with Gasteiger partial charge in [-0.15, -0.1) is 0 Å². The highest BCUT2D eigenvalue weighted by molar-refractivity contribution is 6.05. The van der Waals surface area contributed by atoms with Crippen LogP contribution in [0.4, 0.5) is 0 Å². The zero-order valence-corrected chi connectivity index (χ0v) is 18.0. The van der Waals surface area contributed by atoms with E-state index in [0.29, 0.717) is 38.8 Å². The molecule has 0 radical (unpaired) electrons. The van der Waals surface area contributed by atoms with Crippen LogP contribution in [0.2, 0.25) is 0 Å². The van der Waals surface area contributed by atoms with Gasteiger partial charge in [0.2, 0.25) is 0 Å². The van der Waals surface area contributed by atoms with Crippen LogP contribution in [-0.2, 0) is 0 Å². The molecule has 0 aliphatic heterocycles. The van der Waals surface area contributed by atoms with Gasteiger partial charge in [0.1, 0.15) is 5.75 Å². The molecular weight excluding hydrogens is 402 g/mol. The van der Waals surface area contributed by atoms with Gasteiger partial charge < -0.3 is 4.74 Å². The molecule has 0 unspecified atom stereocenters. The maximum atomic E-state index is 13.5. The van der Waals surface area contributed by atoms with Crippen molar-refractivity contribution in [2.24, 2.45) is 0 Å². The van der Waals surface area contributed by atoms with E-state index in [1.165, 1.54) is 0 Å². The maximum absolute atomic E-state index is 13.5. The molecule has 0 aliphatic rings. The van der Waals surface area contributed by atoms with Crippen molar-refractivity contribution in [3.63, 3.8) is 0 Å². The number of rotatable bonds is 3. The van der Waals surface area contributed by atoms with Gasteiger partial charge in [0.25, 0.3) is 11.1 Å². The summed E-state index contributed by atoms with van der Waals surface area (Å²) in [6.07, 6.45) is 3.43. The number of aromatic nitrogens is 3. The van der Waals surface area contributed by atoms with Gasteiger partial charge in [-0.1, -0.05) is 17.7 Å². The summed E-state index contributed by atoms with van der Waals surface area (Å²) < 4.78 is 8.36. The van der Waals surface area contributed by atoms with Crippen LogP contribution in [-0.4, -0.2) is 21.2 Å². The third-order valence-electron chi connectivity index (χ3n) is 5.74. The molecule has 3 aromatic heterocycles. The summed E-state index contributed by atoms with van der Waals surface area (Å²) in [6.45, 7) is 3.80. The lowest BCUT2D eigenvalue weighted by Crippen LogP contribution is -2.22. The van der Waals surface area contributed by atoms with Gasteiger partial charge in [0.15, 0.2) is 0 Å². The molecular formula is C26H21N3O3. The van der Waals surface area contributed by atoms with Crippen molar-refractivity contribution >= 4 is 21.7 Å². The first-order valence-electron chi connectivity index (χ1n) is 10.3. The fourth-order valence-electron chi connectivity index (χ4n) is 4.06. The fourth-order valence-corrected chi connectivity index (χ4v) is 4.06. The van der Waals surface area contributed by atoms with Gasteiger partial charge in [0, 0.05) is 29.2 Å². The number of hydrogen-bond acceptors (Lipinski definition) is 4. The van der Waals surface area contributed by atoms with E-state index < -0.39 is 0 Å². The Morgan fingerprint density at radius 3 is 1.91 bits per heavy atom. The minimum Gasteiger partial charge on any atom is -0.497 e. The van der Waals surface area contributed by atoms with Crippen LogP contribution in [0.3, 0.4) is 0 Å². The minimum atomic E-state index is -0.218. The largest absolute Gasteiger partial charge is 0.497 e. The molecule has 0 saturated carbocycles. The fraction of sp³-hybridized carbons (Fsp3) is 0.115. The monoisotopic (exact) mass is 423 g/mol. The molecule has 0 N–H and O–H groups in total. The van der Waals surface area contributed by atoms with E-state index in [0.717, 1.165) is 11.3 Å². The van der Waals surface area contributed by atoms with E-state index in [9.17, 15) is 9.59 Å². The van der Waals surface area contributed by atoms with Crippen LogP contribution < -0.4 is 15.9 Å². The molecule has 3 heterocycles. The molecule has 0 aliphatic carbocycles. The van der Waals surface area contributed by atoms with Crippen molar-refractivity contribution in [1.29, 1.82) is 0 Å². The summed E-state index contributed by atoms with van der Waals surface area (Å²) in [6, 6.07) is 18.6. The summed E-state index contributed by atoms with van der Waals surface area (Å²) in [5, 5.41) is 1.48. The van der Waals surface area contributed by atoms with E-state index in [2.05, 4.69) is 4.98 Å². The van der Waals surface area contributed by atoms with Crippen molar-refractivity contribution in [2.75, 3.05) is 7.11 Å². The highest BCUT2D eigenvalue weighted by atomic mass is 16.5. The van der Waals surface area contributed by atoms with Crippen LogP contribution >= 0.6 is 0 Å². The molecule has 158 valence electrons. The zero-order valence-electron chi connectivity index (χ0n) is 18.0. The quantitative estimate of drug-likeness (QED) is 0.406. The Balaban J connectivity index is 1.79. The van der Waals surface area contributed by atoms with E-state index in [-0.39, 0.29) is 11.1 Å². The van der Waals surface area contributed by atoms with Gasteiger partial charge in [-0.3, -0.25) is 23.7 Å². The van der Waals surface area contributed by atoms with Gasteiger partial charge in [0.05, 0.1) is 29.1 Å². The second kappa shape index (κ2) is 7.50. The maximum Gasteiger partial charge on any atom is 0.265 e. The van der Waals surface area contributed by atoms with Crippen LogP contribution in [0, 0.1) is 13.8 Å². The average Bonchev–Trinajstić information content (AvgIpc) is 2.80. The van der Waals surface area contributed by atoms with Crippen molar-refractivity contribution < 1.29 is 4.74 Å². The van der Waals surface area contributed by atoms with Crippen LogP contribution in [0.25, 0.3) is 33.1 Å². The Bertz CT molecular complexity index is 1600. The Morgan fingerprint density at radius 1 is 0.719 bits per heavy atom. The lowest BCUT2D eigenvalue weighted by atomic mass is 10.1. The molecule has 6 heteroatoms. The number of fused-ring (bicyclic) bond motifs is 3. The van der Waals surface area contributed by atoms with Crippen LogP contribution in [0.1, 0.15) is 11.3 Å². The number of hydrogen-bond donors (Lipinski definition) is 0. The lowest BCUT2D eigenvalue weighted by molar-refractivity contribution is 0.414. The first-order chi connectivity index (χ1) is 15.5. The van der Waals surface area contributed by atoms with Gasteiger partial charge in [-0.05, 0) is 62.4 Å². The topological polar surface area (TPSA) is 66.1 Å². The SMILES string of the molecule is COc1ccc(-n2ccc3c(c(C)nc4ccn(-c5ccc(C)cc5)c(=O)c43)c2=O)cc1. The minimum absolute atomic E-state index is 0.203. The normalized spacial score (nSPS) is 11.2. The summed E-state index contributed by atoms with van der Waals surface area (Å²) in [4.78, 5) is 31.5. The molecule has 5 aromatic rings. The van der Waals surface area contributed by atoms with Crippen LogP contribution in [0.15, 0.2) is 82.6 Å². The summed E-state index contributed by atoms with van der Waals surface area (Å²) in [5.41, 5.74) is 3.34. The molecule has 2 aromatic carbocycles. The predicted octanol–water partition coefficient (Wildman–Crippen LogP) is 4.32. The molecule has 0 bridgehead atoms. The Morgan fingerprint density at radius 2 is 1.28 bits per heavy atom. The van der Waals surface area contributed by atoms with Crippen molar-refractivity contribution in [2.45, 2.75) is 13.8 Å². The molecule has 0 atom stereocenters. The molecule has 6 nitrogen and oxygen atoms in total. The number of benzene rings is 2. The summed E-state index contributed by atoms with van der Waals surface area (Å²) in [5.74, 6) is 0.711. The number of aryl methyl sites for hydroxylation is 2. The second-order valence-electron chi connectivity index (χ2n) is 7.76. The highest BCUT2D eigenvalue weighted by Crippen LogP contribution is 2.23. The average molecular weight is 423 g/mol. The third-order valence-corrected chi connectivity index (χ3v) is 5.74. The molecule has 0 spiro atoms. The smallest absolute Gasteiger partial charge is 0.265 e. The summed E-state index contributed by atoms with van der Waals surface area (Å²) in [7, 11) is 1.60. The van der Waals surface area contributed by atoms with E-state index in [4.69, 9.17) is 4.74 Å².